The fraction of sp³-hybridized carbons (Fsp3) is 0.100. The number of hydrogen-bond acceptors (Lipinski definition) is 5. The summed E-state index contributed by atoms with van der Waals surface area (Å²) < 4.78 is 4.98. The minimum absolute atomic E-state index is 0.0235. The summed E-state index contributed by atoms with van der Waals surface area (Å²) in [5.74, 6) is -1.20. The Morgan fingerprint density at radius 1 is 1.04 bits per heavy atom. The van der Waals surface area contributed by atoms with E-state index < -0.39 is 23.4 Å². The van der Waals surface area contributed by atoms with Gasteiger partial charge in [-0.05, 0) is 22.4 Å². The molecule has 3 aromatic carbocycles. The summed E-state index contributed by atoms with van der Waals surface area (Å²) in [5.41, 5.74) is 0.630. The molecule has 0 unspecified atom stereocenters. The fourth-order valence-corrected chi connectivity index (χ4v) is 2.79. The number of nitrogens with zero attached hydrogens (tertiary/aromatic N) is 1. The number of carbonyl (C=O) groups excluding carboxylic acids is 2. The number of fused-ring (bicyclic) bond motifs is 1. The van der Waals surface area contributed by atoms with E-state index in [2.05, 4.69) is 5.32 Å². The molecule has 0 aliphatic heterocycles. The van der Waals surface area contributed by atoms with E-state index in [1.807, 2.05) is 42.5 Å². The van der Waals surface area contributed by atoms with Crippen LogP contribution in [0.15, 0.2) is 60.7 Å². The lowest BCUT2D eigenvalue weighted by molar-refractivity contribution is -0.384. The zero-order valence-electron chi connectivity index (χ0n) is 14.6. The van der Waals surface area contributed by atoms with Crippen molar-refractivity contribution in [3.05, 3.63) is 81.4 Å². The summed E-state index contributed by atoms with van der Waals surface area (Å²) in [6.45, 7) is -0.522. The predicted octanol–water partition coefficient (Wildman–Crippen LogP) is 4.13. The number of non-ortho nitro benzene ring substituents is 1. The van der Waals surface area contributed by atoms with Crippen molar-refractivity contribution in [2.24, 2.45) is 0 Å². The highest BCUT2D eigenvalue weighted by Gasteiger charge is 2.14. The van der Waals surface area contributed by atoms with Gasteiger partial charge < -0.3 is 10.1 Å². The van der Waals surface area contributed by atoms with Crippen LogP contribution in [0.4, 0.5) is 11.4 Å². The van der Waals surface area contributed by atoms with Crippen LogP contribution in [0, 0.1) is 10.1 Å². The highest BCUT2D eigenvalue weighted by atomic mass is 35.5. The molecule has 0 saturated heterocycles. The molecule has 0 spiro atoms. The minimum atomic E-state index is -0.644. The second-order valence-electron chi connectivity index (χ2n) is 5.99. The number of ether oxygens (including phenoxy) is 1. The van der Waals surface area contributed by atoms with Crippen LogP contribution in [-0.4, -0.2) is 23.4 Å². The molecule has 8 heteroatoms. The number of hydrogen-bond donors (Lipinski definition) is 1. The molecule has 1 amide bonds. The molecule has 0 heterocycles. The van der Waals surface area contributed by atoms with Crippen LogP contribution >= 0.6 is 11.6 Å². The molecule has 3 rings (SSSR count). The Labute approximate surface area is 165 Å². The van der Waals surface area contributed by atoms with Crippen LogP contribution in [0.2, 0.25) is 5.02 Å². The smallest absolute Gasteiger partial charge is 0.310 e. The van der Waals surface area contributed by atoms with Gasteiger partial charge in [0.2, 0.25) is 0 Å². The quantitative estimate of drug-likeness (QED) is 0.382. The van der Waals surface area contributed by atoms with Crippen LogP contribution < -0.4 is 5.32 Å². The number of esters is 1. The first-order valence-electron chi connectivity index (χ1n) is 8.29. The van der Waals surface area contributed by atoms with E-state index in [-0.39, 0.29) is 22.8 Å². The molecule has 0 aliphatic carbocycles. The normalized spacial score (nSPS) is 10.5. The first-order chi connectivity index (χ1) is 13.4. The lowest BCUT2D eigenvalue weighted by Gasteiger charge is -2.08. The second-order valence-corrected chi connectivity index (χ2v) is 6.40. The van der Waals surface area contributed by atoms with Crippen LogP contribution in [-0.2, 0) is 20.7 Å². The number of nitro groups is 1. The highest BCUT2D eigenvalue weighted by molar-refractivity contribution is 6.33. The van der Waals surface area contributed by atoms with Crippen molar-refractivity contribution >= 4 is 45.6 Å². The van der Waals surface area contributed by atoms with Gasteiger partial charge in [-0.3, -0.25) is 19.7 Å². The van der Waals surface area contributed by atoms with E-state index in [4.69, 9.17) is 16.3 Å². The summed E-state index contributed by atoms with van der Waals surface area (Å²) in [6.07, 6.45) is 0.0235. The Hall–Kier alpha value is -3.45. The summed E-state index contributed by atoms with van der Waals surface area (Å²) in [5, 5.41) is 15.4. The maximum absolute atomic E-state index is 12.0. The van der Waals surface area contributed by atoms with E-state index in [1.165, 1.54) is 12.1 Å². The van der Waals surface area contributed by atoms with E-state index in [0.717, 1.165) is 22.4 Å². The van der Waals surface area contributed by atoms with Gasteiger partial charge in [-0.1, -0.05) is 54.1 Å². The van der Waals surface area contributed by atoms with Crippen LogP contribution in [0.5, 0.6) is 0 Å². The first kappa shape index (κ1) is 19.3. The molecule has 0 atom stereocenters. The maximum atomic E-state index is 12.0. The minimum Gasteiger partial charge on any atom is -0.455 e. The number of amides is 1. The van der Waals surface area contributed by atoms with Gasteiger partial charge in [0.05, 0.1) is 22.1 Å². The third-order valence-electron chi connectivity index (χ3n) is 3.96. The van der Waals surface area contributed by atoms with Gasteiger partial charge >= 0.3 is 5.97 Å². The third-order valence-corrected chi connectivity index (χ3v) is 4.29. The van der Waals surface area contributed by atoms with Crippen molar-refractivity contribution in [1.82, 2.24) is 0 Å². The largest absolute Gasteiger partial charge is 0.455 e. The topological polar surface area (TPSA) is 98.5 Å². The molecule has 3 aromatic rings. The molecule has 28 heavy (non-hydrogen) atoms. The van der Waals surface area contributed by atoms with E-state index >= 15 is 0 Å². The molecule has 0 fully saturated rings. The molecule has 0 radical (unpaired) electrons. The third kappa shape index (κ3) is 4.83. The van der Waals surface area contributed by atoms with Crippen molar-refractivity contribution < 1.29 is 19.2 Å². The molecule has 0 aliphatic rings. The Kier molecular flexibility index (Phi) is 5.86. The number of anilines is 1. The van der Waals surface area contributed by atoms with E-state index in [9.17, 15) is 19.7 Å². The molecule has 0 bridgehead atoms. The van der Waals surface area contributed by atoms with Gasteiger partial charge in [-0.15, -0.1) is 0 Å². The fourth-order valence-electron chi connectivity index (χ4n) is 2.62. The average molecular weight is 399 g/mol. The van der Waals surface area contributed by atoms with Crippen LogP contribution in [0.1, 0.15) is 5.56 Å². The summed E-state index contributed by atoms with van der Waals surface area (Å²) in [4.78, 5) is 34.2. The predicted molar refractivity (Wildman–Crippen MR) is 105 cm³/mol. The monoisotopic (exact) mass is 398 g/mol. The number of rotatable bonds is 6. The van der Waals surface area contributed by atoms with Gasteiger partial charge in [0.15, 0.2) is 6.61 Å². The molecule has 1 N–H and O–H groups in total. The first-order valence-corrected chi connectivity index (χ1v) is 8.67. The standard InChI is InChI=1S/C20H15ClN2O5/c21-17-8-7-16(23(26)27)11-18(17)22-19(24)12-28-20(25)10-13-5-6-14-3-1-2-4-15(14)9-13/h1-9,11H,10,12H2,(H,22,24). The molecular formula is C20H15ClN2O5. The average Bonchev–Trinajstić information content (AvgIpc) is 2.68. The number of nitro benzene ring substituents is 1. The summed E-state index contributed by atoms with van der Waals surface area (Å²) in [6, 6.07) is 17.1. The molecule has 142 valence electrons. The van der Waals surface area contributed by atoms with Crippen LogP contribution in [0.3, 0.4) is 0 Å². The van der Waals surface area contributed by atoms with Gasteiger partial charge in [0.1, 0.15) is 0 Å². The maximum Gasteiger partial charge on any atom is 0.310 e. The van der Waals surface area contributed by atoms with Crippen molar-refractivity contribution in [2.75, 3.05) is 11.9 Å². The van der Waals surface area contributed by atoms with Gasteiger partial charge in [-0.2, -0.15) is 0 Å². The molecule has 0 aromatic heterocycles. The summed E-state index contributed by atoms with van der Waals surface area (Å²) >= 11 is 5.92. The van der Waals surface area contributed by atoms with E-state index in [1.54, 1.807) is 0 Å². The van der Waals surface area contributed by atoms with E-state index in [0.29, 0.717) is 0 Å². The van der Waals surface area contributed by atoms with Crippen molar-refractivity contribution in [3.8, 4) is 0 Å². The number of carbonyl (C=O) groups is 2. The van der Waals surface area contributed by atoms with Crippen molar-refractivity contribution in [3.63, 3.8) is 0 Å². The zero-order chi connectivity index (χ0) is 20.1. The highest BCUT2D eigenvalue weighted by Crippen LogP contribution is 2.26. The number of benzene rings is 3. The van der Waals surface area contributed by atoms with Crippen LogP contribution in [0.25, 0.3) is 10.8 Å². The molecular weight excluding hydrogens is 384 g/mol. The molecule has 7 nitrogen and oxygen atoms in total. The lowest BCUT2D eigenvalue weighted by Crippen LogP contribution is -2.21. The Bertz CT molecular complexity index is 1070. The van der Waals surface area contributed by atoms with Crippen molar-refractivity contribution in [1.29, 1.82) is 0 Å². The van der Waals surface area contributed by atoms with Gasteiger partial charge in [0, 0.05) is 12.1 Å². The van der Waals surface area contributed by atoms with Gasteiger partial charge in [0.25, 0.3) is 11.6 Å². The Morgan fingerprint density at radius 2 is 1.79 bits per heavy atom. The number of halogens is 1. The Balaban J connectivity index is 1.56. The number of nitrogens with one attached hydrogen (secondary N) is 1. The SMILES string of the molecule is O=C(COC(=O)Cc1ccc2ccccc2c1)Nc1cc([N+](=O)[O-])ccc1Cl. The molecule has 0 saturated carbocycles. The summed E-state index contributed by atoms with van der Waals surface area (Å²) in [7, 11) is 0. The zero-order valence-corrected chi connectivity index (χ0v) is 15.3. The second kappa shape index (κ2) is 8.49. The lowest BCUT2D eigenvalue weighted by atomic mass is 10.1. The Morgan fingerprint density at radius 3 is 2.54 bits per heavy atom. The van der Waals surface area contributed by atoms with Gasteiger partial charge in [-0.25, -0.2) is 0 Å². The van der Waals surface area contributed by atoms with Crippen molar-refractivity contribution in [2.45, 2.75) is 6.42 Å².